The smallest absolute Gasteiger partial charge is 0.410 e. The highest BCUT2D eigenvalue weighted by molar-refractivity contribution is 5.75. The van der Waals surface area contributed by atoms with E-state index in [0.29, 0.717) is 19.5 Å². The molecule has 5 heteroatoms. The van der Waals surface area contributed by atoms with E-state index in [1.165, 1.54) is 4.90 Å². The molecule has 1 amide bonds. The first-order valence-corrected chi connectivity index (χ1v) is 3.85. The van der Waals surface area contributed by atoms with Crippen LogP contribution in [0.5, 0.6) is 0 Å². The Morgan fingerprint density at radius 1 is 1.58 bits per heavy atom. The van der Waals surface area contributed by atoms with Crippen LogP contribution >= 0.6 is 0 Å². The Hall–Kier alpha value is -1.26. The first-order valence-electron chi connectivity index (χ1n) is 3.85. The Labute approximate surface area is 68.9 Å². The number of carboxylic acids is 1. The van der Waals surface area contributed by atoms with Crippen molar-refractivity contribution in [2.45, 2.75) is 12.5 Å². The van der Waals surface area contributed by atoms with E-state index in [1.807, 2.05) is 0 Å². The molecule has 2 saturated heterocycles. The fourth-order valence-electron chi connectivity index (χ4n) is 1.68. The molecule has 2 aliphatic heterocycles. The van der Waals surface area contributed by atoms with Crippen LogP contribution < -0.4 is 0 Å². The number of carbonyl (C=O) groups excluding carboxylic acids is 1. The summed E-state index contributed by atoms with van der Waals surface area (Å²) in [6.07, 6.45) is -0.117. The summed E-state index contributed by atoms with van der Waals surface area (Å²) in [7, 11) is 0. The topological polar surface area (TPSA) is 66.8 Å². The molecular formula is C7H9NO4. The lowest BCUT2D eigenvalue weighted by Crippen LogP contribution is -2.39. The van der Waals surface area contributed by atoms with Gasteiger partial charge >= 0.3 is 12.1 Å². The van der Waals surface area contributed by atoms with Crippen molar-refractivity contribution in [2.75, 3.05) is 13.1 Å². The number of piperidine rings is 1. The predicted octanol–water partition coefficient (Wildman–Crippen LogP) is -0.0883. The summed E-state index contributed by atoms with van der Waals surface area (Å²) < 4.78 is 4.89. The van der Waals surface area contributed by atoms with Crippen LogP contribution in [0.25, 0.3) is 0 Å². The summed E-state index contributed by atoms with van der Waals surface area (Å²) in [5, 5.41) is 8.69. The standard InChI is InChI=1S/C7H9NO4/c9-6(10)4-1-5-3-8(2-4)7(11)12-5/h4-5H,1-3H2,(H,9,10)/t4?,5-/m0/s1. The van der Waals surface area contributed by atoms with E-state index in [-0.39, 0.29) is 12.2 Å². The van der Waals surface area contributed by atoms with Crippen LogP contribution in [0.15, 0.2) is 0 Å². The Morgan fingerprint density at radius 2 is 2.33 bits per heavy atom. The maximum Gasteiger partial charge on any atom is 0.410 e. The highest BCUT2D eigenvalue weighted by Crippen LogP contribution is 2.25. The molecule has 0 aromatic heterocycles. The minimum Gasteiger partial charge on any atom is -0.481 e. The van der Waals surface area contributed by atoms with Crippen LogP contribution in [0.2, 0.25) is 0 Å². The van der Waals surface area contributed by atoms with Gasteiger partial charge in [-0.25, -0.2) is 4.79 Å². The van der Waals surface area contributed by atoms with E-state index in [0.717, 1.165) is 0 Å². The van der Waals surface area contributed by atoms with Crippen molar-refractivity contribution in [3.63, 3.8) is 0 Å². The zero-order valence-electron chi connectivity index (χ0n) is 6.40. The number of nitrogens with zero attached hydrogens (tertiary/aromatic N) is 1. The molecule has 2 heterocycles. The number of amides is 1. The molecule has 2 fully saturated rings. The lowest BCUT2D eigenvalue weighted by atomic mass is 9.97. The Balaban J connectivity index is 2.10. The molecule has 2 atom stereocenters. The number of hydrogen-bond donors (Lipinski definition) is 1. The molecule has 2 rings (SSSR count). The monoisotopic (exact) mass is 171 g/mol. The molecule has 12 heavy (non-hydrogen) atoms. The summed E-state index contributed by atoms with van der Waals surface area (Å²) in [5.74, 6) is -1.29. The van der Waals surface area contributed by atoms with E-state index in [4.69, 9.17) is 9.84 Å². The van der Waals surface area contributed by atoms with Crippen molar-refractivity contribution in [3.05, 3.63) is 0 Å². The summed E-state index contributed by atoms with van der Waals surface area (Å²) in [6.45, 7) is 0.854. The molecule has 0 aromatic rings. The average Bonchev–Trinajstić information content (AvgIpc) is 2.26. The zero-order valence-corrected chi connectivity index (χ0v) is 6.40. The number of hydrogen-bond acceptors (Lipinski definition) is 3. The summed E-state index contributed by atoms with van der Waals surface area (Å²) in [4.78, 5) is 23.0. The molecule has 1 unspecified atom stereocenters. The number of carboxylic acid groups (broad SMARTS) is 1. The lowest BCUT2D eigenvalue weighted by molar-refractivity contribution is -0.143. The zero-order chi connectivity index (χ0) is 8.72. The second-order valence-corrected chi connectivity index (χ2v) is 3.18. The molecule has 0 spiro atoms. The Kier molecular flexibility index (Phi) is 1.46. The predicted molar refractivity (Wildman–Crippen MR) is 37.6 cm³/mol. The second-order valence-electron chi connectivity index (χ2n) is 3.18. The third kappa shape index (κ3) is 1.01. The van der Waals surface area contributed by atoms with Crippen molar-refractivity contribution < 1.29 is 19.4 Å². The van der Waals surface area contributed by atoms with Gasteiger partial charge in [-0.2, -0.15) is 0 Å². The first kappa shape index (κ1) is 7.39. The van der Waals surface area contributed by atoms with Gasteiger partial charge in [0.15, 0.2) is 0 Å². The van der Waals surface area contributed by atoms with Crippen LogP contribution in [0.4, 0.5) is 4.79 Å². The number of ether oxygens (including phenoxy) is 1. The molecule has 0 radical (unpaired) electrons. The highest BCUT2D eigenvalue weighted by Gasteiger charge is 2.41. The number of carbonyl (C=O) groups is 2. The van der Waals surface area contributed by atoms with Gasteiger partial charge in [0.25, 0.3) is 0 Å². The minimum atomic E-state index is -0.844. The largest absolute Gasteiger partial charge is 0.481 e. The third-order valence-electron chi connectivity index (χ3n) is 2.29. The average molecular weight is 171 g/mol. The number of rotatable bonds is 1. The van der Waals surface area contributed by atoms with Gasteiger partial charge in [-0.3, -0.25) is 4.79 Å². The normalized spacial score (nSPS) is 33.3. The van der Waals surface area contributed by atoms with Gasteiger partial charge in [0.05, 0.1) is 12.5 Å². The van der Waals surface area contributed by atoms with Crippen LogP contribution in [0.1, 0.15) is 6.42 Å². The quantitative estimate of drug-likeness (QED) is 0.598. The summed E-state index contributed by atoms with van der Waals surface area (Å²) in [6, 6.07) is 0. The molecule has 0 aromatic carbocycles. The van der Waals surface area contributed by atoms with Gasteiger partial charge in [-0.15, -0.1) is 0 Å². The van der Waals surface area contributed by atoms with Gasteiger partial charge in [0.2, 0.25) is 0 Å². The van der Waals surface area contributed by atoms with E-state index in [9.17, 15) is 9.59 Å². The Morgan fingerprint density at radius 3 is 2.92 bits per heavy atom. The molecule has 5 nitrogen and oxygen atoms in total. The molecule has 0 aliphatic carbocycles. The third-order valence-corrected chi connectivity index (χ3v) is 2.29. The first-order chi connectivity index (χ1) is 5.66. The van der Waals surface area contributed by atoms with Crippen molar-refractivity contribution >= 4 is 12.1 Å². The minimum absolute atomic E-state index is 0.202. The molecule has 66 valence electrons. The maximum absolute atomic E-state index is 10.9. The van der Waals surface area contributed by atoms with Gasteiger partial charge < -0.3 is 14.7 Å². The summed E-state index contributed by atoms with van der Waals surface area (Å²) in [5.41, 5.74) is 0. The lowest BCUT2D eigenvalue weighted by Gasteiger charge is -2.23. The fraction of sp³-hybridized carbons (Fsp3) is 0.714. The van der Waals surface area contributed by atoms with Gasteiger partial charge in [-0.05, 0) is 0 Å². The van der Waals surface area contributed by atoms with E-state index >= 15 is 0 Å². The van der Waals surface area contributed by atoms with E-state index in [2.05, 4.69) is 0 Å². The number of aliphatic carboxylic acids is 1. The van der Waals surface area contributed by atoms with Crippen molar-refractivity contribution in [1.29, 1.82) is 0 Å². The van der Waals surface area contributed by atoms with Crippen LogP contribution in [-0.2, 0) is 9.53 Å². The van der Waals surface area contributed by atoms with Crippen molar-refractivity contribution in [1.82, 2.24) is 4.90 Å². The molecule has 2 bridgehead atoms. The van der Waals surface area contributed by atoms with Gasteiger partial charge in [0.1, 0.15) is 6.10 Å². The highest BCUT2D eigenvalue weighted by atomic mass is 16.6. The van der Waals surface area contributed by atoms with Crippen LogP contribution in [0, 0.1) is 5.92 Å². The Bertz CT molecular complexity index is 240. The van der Waals surface area contributed by atoms with E-state index in [1.54, 1.807) is 0 Å². The number of fused-ring (bicyclic) bond motifs is 2. The molecule has 2 aliphatic rings. The van der Waals surface area contributed by atoms with E-state index < -0.39 is 11.9 Å². The second kappa shape index (κ2) is 2.36. The van der Waals surface area contributed by atoms with Crippen LogP contribution in [-0.4, -0.2) is 41.3 Å². The fourth-order valence-corrected chi connectivity index (χ4v) is 1.68. The maximum atomic E-state index is 10.9. The molecule has 1 N–H and O–H groups in total. The van der Waals surface area contributed by atoms with Crippen molar-refractivity contribution in [3.8, 4) is 0 Å². The van der Waals surface area contributed by atoms with Crippen molar-refractivity contribution in [2.24, 2.45) is 5.92 Å². The molecular weight excluding hydrogens is 162 g/mol. The van der Waals surface area contributed by atoms with Gasteiger partial charge in [0, 0.05) is 13.0 Å². The van der Waals surface area contributed by atoms with Gasteiger partial charge in [-0.1, -0.05) is 0 Å². The molecule has 0 saturated carbocycles. The van der Waals surface area contributed by atoms with Crippen LogP contribution in [0.3, 0.4) is 0 Å². The summed E-state index contributed by atoms with van der Waals surface area (Å²) >= 11 is 0. The SMILES string of the molecule is O=C(O)C1C[C@H]2CN(C1)C(=O)O2.